The molecule has 0 amide bonds. The van der Waals surface area contributed by atoms with Crippen LogP contribution in [-0.2, 0) is 5.60 Å². The Hall–Kier alpha value is -1.32. The van der Waals surface area contributed by atoms with Crippen LogP contribution >= 0.6 is 31.9 Å². The Labute approximate surface area is 153 Å². The molecule has 2 rings (SSSR count). The van der Waals surface area contributed by atoms with Gasteiger partial charge in [0.15, 0.2) is 11.4 Å². The minimum atomic E-state index is -4.71. The van der Waals surface area contributed by atoms with Gasteiger partial charge in [-0.05, 0) is 63.9 Å². The first-order valence-electron chi connectivity index (χ1n) is 6.48. The molecule has 1 atom stereocenters. The molecule has 0 radical (unpaired) electrons. The van der Waals surface area contributed by atoms with Gasteiger partial charge in [-0.3, -0.25) is 4.79 Å². The molecule has 2 aromatic rings. The van der Waals surface area contributed by atoms with Crippen LogP contribution in [0.3, 0.4) is 0 Å². The summed E-state index contributed by atoms with van der Waals surface area (Å²) in [6.07, 6.45) is -2.17. The number of ketones is 1. The number of nitrogens with zero attached hydrogens (tertiary/aromatic N) is 2. The van der Waals surface area contributed by atoms with Crippen LogP contribution in [-0.4, -0.2) is 27.0 Å². The van der Waals surface area contributed by atoms with E-state index in [1.807, 2.05) is 0 Å². The van der Waals surface area contributed by atoms with Crippen molar-refractivity contribution >= 4 is 37.6 Å². The molecule has 0 aliphatic rings. The second-order valence-corrected chi connectivity index (χ2v) is 6.49. The molecule has 2 heterocycles. The molecule has 0 aromatic carbocycles. The number of aromatic nitrogens is 2. The van der Waals surface area contributed by atoms with Crippen molar-refractivity contribution in [3.8, 4) is 0 Å². The van der Waals surface area contributed by atoms with E-state index in [1.165, 1.54) is 19.1 Å². The molecule has 24 heavy (non-hydrogen) atoms. The van der Waals surface area contributed by atoms with E-state index in [9.17, 15) is 23.1 Å². The van der Waals surface area contributed by atoms with Crippen LogP contribution in [0.15, 0.2) is 45.9 Å². The molecule has 1 N–H and O–H groups in total. The van der Waals surface area contributed by atoms with Gasteiger partial charge in [-0.25, -0.2) is 9.97 Å². The molecule has 0 bridgehead atoms. The molecular formula is C15H13Br2F3N2O2. The highest BCUT2D eigenvalue weighted by molar-refractivity contribution is 9.10. The Kier molecular flexibility index (Phi) is 7.06. The molecule has 0 aliphatic carbocycles. The smallest absolute Gasteiger partial charge is 0.376 e. The van der Waals surface area contributed by atoms with Gasteiger partial charge in [0.25, 0.3) is 0 Å². The lowest BCUT2D eigenvalue weighted by Crippen LogP contribution is -2.39. The van der Waals surface area contributed by atoms with Crippen molar-refractivity contribution in [2.24, 2.45) is 0 Å². The number of hydrogen-bond acceptors (Lipinski definition) is 4. The summed E-state index contributed by atoms with van der Waals surface area (Å²) in [7, 11) is 0. The zero-order chi connectivity index (χ0) is 18.5. The SMILES string of the molecule is CC(=O)c1ccc(Br)nc1.CC(O)(c1ccc(Br)nc1)C(F)(F)F. The van der Waals surface area contributed by atoms with Gasteiger partial charge in [0.2, 0.25) is 0 Å². The summed E-state index contributed by atoms with van der Waals surface area (Å²) < 4.78 is 38.2. The lowest BCUT2D eigenvalue weighted by Gasteiger charge is -2.26. The van der Waals surface area contributed by atoms with Crippen LogP contribution < -0.4 is 0 Å². The van der Waals surface area contributed by atoms with Crippen LogP contribution in [0.2, 0.25) is 0 Å². The number of pyridine rings is 2. The van der Waals surface area contributed by atoms with E-state index in [0.29, 0.717) is 17.1 Å². The number of rotatable bonds is 2. The van der Waals surface area contributed by atoms with Gasteiger partial charge in [-0.1, -0.05) is 6.07 Å². The summed E-state index contributed by atoms with van der Waals surface area (Å²) >= 11 is 6.16. The van der Waals surface area contributed by atoms with Gasteiger partial charge < -0.3 is 5.11 Å². The van der Waals surface area contributed by atoms with Crippen molar-refractivity contribution in [3.63, 3.8) is 0 Å². The van der Waals surface area contributed by atoms with Crippen LogP contribution in [0.5, 0.6) is 0 Å². The molecule has 4 nitrogen and oxygen atoms in total. The van der Waals surface area contributed by atoms with Crippen LogP contribution in [0.25, 0.3) is 0 Å². The highest BCUT2D eigenvalue weighted by Gasteiger charge is 2.51. The molecule has 0 aliphatic heterocycles. The summed E-state index contributed by atoms with van der Waals surface area (Å²) in [6, 6.07) is 6.00. The Morgan fingerprint density at radius 3 is 1.88 bits per heavy atom. The largest absolute Gasteiger partial charge is 0.421 e. The van der Waals surface area contributed by atoms with Gasteiger partial charge in [0, 0.05) is 23.5 Å². The Balaban J connectivity index is 0.000000254. The highest BCUT2D eigenvalue weighted by atomic mass is 79.9. The molecular weight excluding hydrogens is 457 g/mol. The third kappa shape index (κ3) is 5.64. The zero-order valence-electron chi connectivity index (χ0n) is 12.6. The summed E-state index contributed by atoms with van der Waals surface area (Å²) in [5.74, 6) is 0.0417. The van der Waals surface area contributed by atoms with E-state index in [2.05, 4.69) is 41.8 Å². The summed E-state index contributed by atoms with van der Waals surface area (Å²) in [5.41, 5.74) is -2.50. The van der Waals surface area contributed by atoms with Gasteiger partial charge in [0.05, 0.1) is 0 Å². The Morgan fingerprint density at radius 2 is 1.54 bits per heavy atom. The predicted octanol–water partition coefficient (Wildman–Crippen LogP) is 4.66. The number of carbonyl (C=O) groups excluding carboxylic acids is 1. The lowest BCUT2D eigenvalue weighted by molar-refractivity contribution is -0.259. The van der Waals surface area contributed by atoms with Crippen LogP contribution in [0, 0.1) is 0 Å². The quantitative estimate of drug-likeness (QED) is 0.513. The minimum absolute atomic E-state index is 0.0417. The maximum atomic E-state index is 12.3. The molecule has 0 spiro atoms. The fourth-order valence-corrected chi connectivity index (χ4v) is 1.88. The van der Waals surface area contributed by atoms with E-state index in [-0.39, 0.29) is 11.3 Å². The molecule has 1 unspecified atom stereocenters. The topological polar surface area (TPSA) is 63.1 Å². The average Bonchev–Trinajstić information content (AvgIpc) is 2.47. The third-order valence-electron chi connectivity index (χ3n) is 2.98. The minimum Gasteiger partial charge on any atom is -0.376 e. The van der Waals surface area contributed by atoms with Crippen molar-refractivity contribution in [2.45, 2.75) is 25.6 Å². The fraction of sp³-hybridized carbons (Fsp3) is 0.267. The molecule has 130 valence electrons. The van der Waals surface area contributed by atoms with Crippen molar-refractivity contribution in [2.75, 3.05) is 0 Å². The van der Waals surface area contributed by atoms with Crippen molar-refractivity contribution < 1.29 is 23.1 Å². The monoisotopic (exact) mass is 468 g/mol. The zero-order valence-corrected chi connectivity index (χ0v) is 15.8. The summed E-state index contributed by atoms with van der Waals surface area (Å²) in [5, 5.41) is 9.23. The number of hydrogen-bond donors (Lipinski definition) is 1. The summed E-state index contributed by atoms with van der Waals surface area (Å²) in [6.45, 7) is 2.21. The van der Waals surface area contributed by atoms with E-state index in [1.54, 1.807) is 18.3 Å². The maximum absolute atomic E-state index is 12.3. The standard InChI is InChI=1S/C8H7BrF3NO.C7H6BrNO/c1-7(14,8(10,11)12)5-2-3-6(9)13-4-5;1-5(10)6-2-3-7(8)9-4-6/h2-4,14H,1H3;2-4H,1H3. The third-order valence-corrected chi connectivity index (χ3v) is 3.91. The van der Waals surface area contributed by atoms with Gasteiger partial charge in [-0.15, -0.1) is 0 Å². The average molecular weight is 470 g/mol. The molecule has 0 fully saturated rings. The Bertz CT molecular complexity index is 687. The van der Waals surface area contributed by atoms with Crippen molar-refractivity contribution in [1.82, 2.24) is 9.97 Å². The van der Waals surface area contributed by atoms with E-state index in [0.717, 1.165) is 10.8 Å². The number of Topliss-reactive ketones (excluding diaryl/α,β-unsaturated/α-hetero) is 1. The highest BCUT2D eigenvalue weighted by Crippen LogP contribution is 2.38. The first-order valence-corrected chi connectivity index (χ1v) is 8.07. The second kappa shape index (κ2) is 8.17. The maximum Gasteiger partial charge on any atom is 0.421 e. The van der Waals surface area contributed by atoms with E-state index < -0.39 is 11.8 Å². The van der Waals surface area contributed by atoms with Crippen molar-refractivity contribution in [3.05, 3.63) is 57.0 Å². The Morgan fingerprint density at radius 1 is 1.04 bits per heavy atom. The van der Waals surface area contributed by atoms with Crippen molar-refractivity contribution in [1.29, 1.82) is 0 Å². The van der Waals surface area contributed by atoms with E-state index >= 15 is 0 Å². The molecule has 0 saturated heterocycles. The number of halogens is 5. The second-order valence-electron chi connectivity index (χ2n) is 4.87. The van der Waals surface area contributed by atoms with Gasteiger partial charge >= 0.3 is 6.18 Å². The normalized spacial score (nSPS) is 13.5. The molecule has 2 aromatic heterocycles. The van der Waals surface area contributed by atoms with Gasteiger partial charge in [-0.2, -0.15) is 13.2 Å². The van der Waals surface area contributed by atoms with Crippen LogP contribution in [0.1, 0.15) is 29.8 Å². The van der Waals surface area contributed by atoms with Crippen LogP contribution in [0.4, 0.5) is 13.2 Å². The molecule has 9 heteroatoms. The first kappa shape index (κ1) is 20.7. The number of alkyl halides is 3. The number of carbonyl (C=O) groups is 1. The number of aliphatic hydroxyl groups is 1. The summed E-state index contributed by atoms with van der Waals surface area (Å²) in [4.78, 5) is 18.2. The fourth-order valence-electron chi connectivity index (χ4n) is 1.41. The van der Waals surface area contributed by atoms with Gasteiger partial charge in [0.1, 0.15) is 9.21 Å². The van der Waals surface area contributed by atoms with E-state index in [4.69, 9.17) is 0 Å². The first-order chi connectivity index (χ1) is 10.9. The lowest BCUT2D eigenvalue weighted by atomic mass is 9.97. The molecule has 0 saturated carbocycles. The predicted molar refractivity (Wildman–Crippen MR) is 89.5 cm³/mol.